The average molecular weight is 534 g/mol. The maximum absolute atomic E-state index is 13.0. The fourth-order valence-electron chi connectivity index (χ4n) is 4.09. The van der Waals surface area contributed by atoms with Gasteiger partial charge in [0, 0.05) is 35.8 Å². The largest absolute Gasteiger partial charge is 0.489 e. The minimum absolute atomic E-state index is 0. The number of ether oxygens (including phenoxy) is 2. The Morgan fingerprint density at radius 3 is 2.50 bits per heavy atom. The van der Waals surface area contributed by atoms with E-state index in [1.165, 1.54) is 12.1 Å². The van der Waals surface area contributed by atoms with Crippen LogP contribution in [0.4, 0.5) is 0 Å². The second-order valence-electron chi connectivity index (χ2n) is 9.73. The number of sulfonamides is 1. The number of para-hydroxylation sites is 1. The third-order valence-corrected chi connectivity index (χ3v) is 7.19. The average Bonchev–Trinajstić information content (AvgIpc) is 3.24. The van der Waals surface area contributed by atoms with E-state index in [1.54, 1.807) is 32.9 Å². The van der Waals surface area contributed by atoms with Crippen molar-refractivity contribution < 1.29 is 22.7 Å². The van der Waals surface area contributed by atoms with Crippen LogP contribution in [0.3, 0.4) is 0 Å². The number of benzene rings is 2. The molecule has 0 aliphatic carbocycles. The molecule has 1 fully saturated rings. The molecule has 2 unspecified atom stereocenters. The molecule has 0 radical (unpaired) electrons. The van der Waals surface area contributed by atoms with Crippen LogP contribution in [0.1, 0.15) is 32.0 Å². The monoisotopic (exact) mass is 533 g/mol. The highest BCUT2D eigenvalue weighted by Gasteiger charge is 2.38. The summed E-state index contributed by atoms with van der Waals surface area (Å²) in [4.78, 5) is 17.2. The molecule has 3 aromatic rings. The number of nitrogens with one attached hydrogen (secondary N) is 2. The second kappa shape index (κ2) is 11.1. The Balaban J connectivity index is 0.00000361. The Morgan fingerprint density at radius 1 is 1.11 bits per heavy atom. The van der Waals surface area contributed by atoms with Crippen molar-refractivity contribution in [3.05, 3.63) is 65.9 Å². The van der Waals surface area contributed by atoms with Gasteiger partial charge in [0.25, 0.3) is 0 Å². The molecule has 2 aromatic carbocycles. The lowest BCUT2D eigenvalue weighted by molar-refractivity contribution is -0.159. The van der Waals surface area contributed by atoms with Crippen molar-refractivity contribution in [1.82, 2.24) is 15.0 Å². The molecule has 1 aliphatic heterocycles. The fourth-order valence-corrected chi connectivity index (χ4v) is 5.36. The third kappa shape index (κ3) is 6.73. The van der Waals surface area contributed by atoms with Crippen LogP contribution < -0.4 is 14.8 Å². The molecule has 2 atom stereocenters. The van der Waals surface area contributed by atoms with Crippen LogP contribution >= 0.6 is 12.4 Å². The summed E-state index contributed by atoms with van der Waals surface area (Å²) in [6.45, 7) is 8.34. The van der Waals surface area contributed by atoms with E-state index in [-0.39, 0.29) is 17.3 Å². The van der Waals surface area contributed by atoms with Gasteiger partial charge in [-0.2, -0.15) is 0 Å². The maximum Gasteiger partial charge on any atom is 0.312 e. The number of esters is 1. The van der Waals surface area contributed by atoms with Crippen molar-refractivity contribution in [3.8, 4) is 5.75 Å². The van der Waals surface area contributed by atoms with Crippen LogP contribution in [0, 0.1) is 12.8 Å². The van der Waals surface area contributed by atoms with Crippen LogP contribution in [-0.2, 0) is 26.2 Å². The van der Waals surface area contributed by atoms with E-state index in [0.29, 0.717) is 25.4 Å². The smallest absolute Gasteiger partial charge is 0.312 e. The molecule has 0 saturated carbocycles. The Hall–Kier alpha value is -2.72. The van der Waals surface area contributed by atoms with E-state index >= 15 is 0 Å². The van der Waals surface area contributed by atoms with Crippen LogP contribution in [0.25, 0.3) is 10.9 Å². The van der Waals surface area contributed by atoms with Crippen molar-refractivity contribution in [1.29, 1.82) is 0 Å². The van der Waals surface area contributed by atoms with Crippen LogP contribution in [0.2, 0.25) is 0 Å². The summed E-state index contributed by atoms with van der Waals surface area (Å²) in [5.41, 5.74) is 2.18. The molecule has 2 N–H and O–H groups in total. The van der Waals surface area contributed by atoms with Crippen LogP contribution in [-0.4, -0.2) is 44.1 Å². The van der Waals surface area contributed by atoms with Gasteiger partial charge in [0.2, 0.25) is 10.0 Å². The minimum Gasteiger partial charge on any atom is -0.489 e. The molecule has 10 heteroatoms. The molecule has 0 amide bonds. The highest BCUT2D eigenvalue weighted by atomic mass is 35.5. The van der Waals surface area contributed by atoms with Gasteiger partial charge in [-0.25, -0.2) is 13.1 Å². The molecule has 1 saturated heterocycles. The van der Waals surface area contributed by atoms with Crippen molar-refractivity contribution in [3.63, 3.8) is 0 Å². The van der Waals surface area contributed by atoms with E-state index in [4.69, 9.17) is 9.47 Å². The first kappa shape index (κ1) is 27.9. The van der Waals surface area contributed by atoms with Gasteiger partial charge in [0.1, 0.15) is 18.0 Å². The summed E-state index contributed by atoms with van der Waals surface area (Å²) < 4.78 is 40.0. The van der Waals surface area contributed by atoms with Crippen molar-refractivity contribution in [2.75, 3.05) is 13.1 Å². The van der Waals surface area contributed by atoms with Gasteiger partial charge < -0.3 is 14.8 Å². The standard InChI is InChI=1S/C26H31N3O5S.ClH/c1-17-13-18(21-7-5-6-8-23(21)28-17)16-33-19-9-11-20(12-10-19)35(31,32)29-24-15-27-14-22(24)25(30)34-26(2,3)4;/h5-13,22,24,27,29H,14-16H2,1-4H3;1H. The number of halogens is 1. The van der Waals surface area contributed by atoms with E-state index < -0.39 is 33.6 Å². The quantitative estimate of drug-likeness (QED) is 0.445. The highest BCUT2D eigenvalue weighted by Crippen LogP contribution is 2.23. The number of aryl methyl sites for hydroxylation is 1. The van der Waals surface area contributed by atoms with Gasteiger partial charge in [0.15, 0.2) is 0 Å². The number of nitrogens with zero attached hydrogens (tertiary/aromatic N) is 1. The van der Waals surface area contributed by atoms with Crippen molar-refractivity contribution >= 4 is 39.3 Å². The molecule has 2 heterocycles. The van der Waals surface area contributed by atoms with Gasteiger partial charge in [-0.1, -0.05) is 18.2 Å². The first-order valence-electron chi connectivity index (χ1n) is 11.6. The molecular formula is C26H32ClN3O5S. The van der Waals surface area contributed by atoms with Gasteiger partial charge in [-0.3, -0.25) is 9.78 Å². The van der Waals surface area contributed by atoms with Crippen LogP contribution in [0.15, 0.2) is 59.5 Å². The number of carbonyl (C=O) groups excluding carboxylic acids is 1. The van der Waals surface area contributed by atoms with E-state index in [9.17, 15) is 13.2 Å². The number of pyridine rings is 1. The number of hydrogen-bond acceptors (Lipinski definition) is 7. The zero-order valence-corrected chi connectivity index (χ0v) is 22.4. The lowest BCUT2D eigenvalue weighted by atomic mass is 10.0. The lowest BCUT2D eigenvalue weighted by Gasteiger charge is -2.24. The summed E-state index contributed by atoms with van der Waals surface area (Å²) in [6, 6.07) is 15.5. The topological polar surface area (TPSA) is 107 Å². The summed E-state index contributed by atoms with van der Waals surface area (Å²) in [6.07, 6.45) is 0. The third-order valence-electron chi connectivity index (χ3n) is 5.69. The molecule has 0 spiro atoms. The number of aromatic nitrogens is 1. The molecule has 0 bridgehead atoms. The fraction of sp³-hybridized carbons (Fsp3) is 0.385. The number of fused-ring (bicyclic) bond motifs is 1. The minimum atomic E-state index is -3.83. The van der Waals surface area contributed by atoms with Gasteiger partial charge in [-0.15, -0.1) is 12.4 Å². The summed E-state index contributed by atoms with van der Waals surface area (Å²) in [5, 5.41) is 4.09. The zero-order valence-electron chi connectivity index (χ0n) is 20.8. The van der Waals surface area contributed by atoms with Gasteiger partial charge in [-0.05, 0) is 64.1 Å². The molecule has 1 aromatic heterocycles. The molecule has 1 aliphatic rings. The Bertz CT molecular complexity index is 1320. The van der Waals surface area contributed by atoms with Crippen LogP contribution in [0.5, 0.6) is 5.75 Å². The zero-order chi connectivity index (χ0) is 25.2. The van der Waals surface area contributed by atoms with Crippen molar-refractivity contribution in [2.24, 2.45) is 5.92 Å². The summed E-state index contributed by atoms with van der Waals surface area (Å²) in [7, 11) is -3.83. The van der Waals surface area contributed by atoms with E-state index in [1.807, 2.05) is 37.3 Å². The van der Waals surface area contributed by atoms with Crippen molar-refractivity contribution in [2.45, 2.75) is 50.8 Å². The highest BCUT2D eigenvalue weighted by molar-refractivity contribution is 7.89. The lowest BCUT2D eigenvalue weighted by Crippen LogP contribution is -2.44. The Labute approximate surface area is 218 Å². The van der Waals surface area contributed by atoms with E-state index in [2.05, 4.69) is 15.0 Å². The van der Waals surface area contributed by atoms with Gasteiger partial charge >= 0.3 is 5.97 Å². The number of carbonyl (C=O) groups is 1. The SMILES string of the molecule is Cc1cc(COc2ccc(S(=O)(=O)NC3CNCC3C(=O)OC(C)(C)C)cc2)c2ccccc2n1.Cl. The second-order valence-corrected chi connectivity index (χ2v) is 11.4. The van der Waals surface area contributed by atoms with Gasteiger partial charge in [0.05, 0.1) is 16.3 Å². The normalized spacial score (nSPS) is 18.0. The molecule has 36 heavy (non-hydrogen) atoms. The Kier molecular flexibility index (Phi) is 8.61. The summed E-state index contributed by atoms with van der Waals surface area (Å²) >= 11 is 0. The molecule has 194 valence electrons. The first-order valence-corrected chi connectivity index (χ1v) is 13.0. The molecular weight excluding hydrogens is 502 g/mol. The molecule has 4 rings (SSSR count). The summed E-state index contributed by atoms with van der Waals surface area (Å²) in [5.74, 6) is -0.459. The first-order chi connectivity index (χ1) is 16.5. The maximum atomic E-state index is 13.0. The number of hydrogen-bond donors (Lipinski definition) is 2. The predicted octanol–water partition coefficient (Wildman–Crippen LogP) is 3.75. The number of rotatable bonds is 7. The van der Waals surface area contributed by atoms with E-state index in [0.717, 1.165) is 22.2 Å². The Morgan fingerprint density at radius 2 is 1.81 bits per heavy atom. The molecule has 8 nitrogen and oxygen atoms in total. The predicted molar refractivity (Wildman–Crippen MR) is 141 cm³/mol.